The second-order valence-corrected chi connectivity index (χ2v) is 4.01. The Labute approximate surface area is 100 Å². The first-order valence-corrected chi connectivity index (χ1v) is 5.41. The van der Waals surface area contributed by atoms with Crippen LogP contribution in [0, 0.1) is 20.8 Å². The summed E-state index contributed by atoms with van der Waals surface area (Å²) in [6, 6.07) is 7.80. The normalized spacial score (nSPS) is 10.3. The predicted molar refractivity (Wildman–Crippen MR) is 67.2 cm³/mol. The molecule has 4 nitrogen and oxygen atoms in total. The lowest BCUT2D eigenvalue weighted by atomic mass is 10.2. The summed E-state index contributed by atoms with van der Waals surface area (Å²) in [6.45, 7) is 5.73. The molecule has 1 heterocycles. The summed E-state index contributed by atoms with van der Waals surface area (Å²) < 4.78 is 5.65. The molecule has 0 bridgehead atoms. The number of hydrogen-bond acceptors (Lipinski definition) is 4. The second kappa shape index (κ2) is 4.41. The van der Waals surface area contributed by atoms with E-state index in [1.807, 2.05) is 45.0 Å². The van der Waals surface area contributed by atoms with Crippen LogP contribution < -0.4 is 10.5 Å². The molecule has 17 heavy (non-hydrogen) atoms. The third kappa shape index (κ3) is 2.53. The maximum absolute atomic E-state index is 5.81. The van der Waals surface area contributed by atoms with Crippen LogP contribution in [0.15, 0.2) is 24.3 Å². The van der Waals surface area contributed by atoms with E-state index < -0.39 is 0 Å². The Morgan fingerprint density at radius 2 is 1.71 bits per heavy atom. The number of benzene rings is 1. The van der Waals surface area contributed by atoms with Crippen molar-refractivity contribution in [2.24, 2.45) is 0 Å². The van der Waals surface area contributed by atoms with Gasteiger partial charge >= 0.3 is 6.01 Å². The van der Waals surface area contributed by atoms with Crippen LogP contribution in [-0.4, -0.2) is 9.97 Å². The number of ether oxygens (including phenoxy) is 1. The van der Waals surface area contributed by atoms with Gasteiger partial charge in [-0.05, 0) is 39.0 Å². The van der Waals surface area contributed by atoms with Crippen LogP contribution in [0.1, 0.15) is 17.0 Å². The first-order chi connectivity index (χ1) is 8.06. The topological polar surface area (TPSA) is 61.0 Å². The van der Waals surface area contributed by atoms with Crippen molar-refractivity contribution in [2.45, 2.75) is 20.8 Å². The summed E-state index contributed by atoms with van der Waals surface area (Å²) in [5.41, 5.74) is 9.18. The van der Waals surface area contributed by atoms with Gasteiger partial charge in [-0.1, -0.05) is 6.07 Å². The summed E-state index contributed by atoms with van der Waals surface area (Å²) in [4.78, 5) is 8.45. The summed E-state index contributed by atoms with van der Waals surface area (Å²) >= 11 is 0. The van der Waals surface area contributed by atoms with E-state index in [1.165, 1.54) is 0 Å². The number of anilines is 1. The molecular weight excluding hydrogens is 214 g/mol. The van der Waals surface area contributed by atoms with E-state index in [9.17, 15) is 0 Å². The quantitative estimate of drug-likeness (QED) is 0.804. The number of aromatic nitrogens is 2. The minimum atomic E-state index is 0.358. The third-order valence-electron chi connectivity index (χ3n) is 2.49. The van der Waals surface area contributed by atoms with Crippen LogP contribution in [0.4, 0.5) is 5.69 Å². The predicted octanol–water partition coefficient (Wildman–Crippen LogP) is 2.78. The molecule has 1 aromatic heterocycles. The average molecular weight is 229 g/mol. The molecule has 0 fully saturated rings. The summed E-state index contributed by atoms with van der Waals surface area (Å²) in [6.07, 6.45) is 0. The van der Waals surface area contributed by atoms with Gasteiger partial charge in [0.25, 0.3) is 0 Å². The third-order valence-corrected chi connectivity index (χ3v) is 2.49. The Morgan fingerprint density at radius 3 is 2.35 bits per heavy atom. The fourth-order valence-electron chi connectivity index (χ4n) is 1.58. The highest BCUT2D eigenvalue weighted by Crippen LogP contribution is 2.26. The van der Waals surface area contributed by atoms with Gasteiger partial charge in [-0.15, -0.1) is 0 Å². The number of nitrogens with two attached hydrogens (primary N) is 1. The molecule has 0 amide bonds. The van der Waals surface area contributed by atoms with Gasteiger partial charge in [0.2, 0.25) is 0 Å². The van der Waals surface area contributed by atoms with Crippen LogP contribution in [0.5, 0.6) is 11.8 Å². The number of aryl methyl sites for hydroxylation is 2. The monoisotopic (exact) mass is 229 g/mol. The van der Waals surface area contributed by atoms with Gasteiger partial charge in [-0.2, -0.15) is 0 Å². The van der Waals surface area contributed by atoms with Crippen molar-refractivity contribution < 1.29 is 4.74 Å². The highest BCUT2D eigenvalue weighted by molar-refractivity contribution is 5.53. The van der Waals surface area contributed by atoms with Crippen molar-refractivity contribution in [3.63, 3.8) is 0 Å². The zero-order valence-corrected chi connectivity index (χ0v) is 10.2. The van der Waals surface area contributed by atoms with Crippen molar-refractivity contribution in [2.75, 3.05) is 5.73 Å². The van der Waals surface area contributed by atoms with Crippen molar-refractivity contribution in [3.8, 4) is 11.8 Å². The molecule has 2 rings (SSSR count). The molecule has 1 aromatic carbocycles. The molecule has 0 aliphatic carbocycles. The summed E-state index contributed by atoms with van der Waals surface area (Å²) in [7, 11) is 0. The molecule has 2 N–H and O–H groups in total. The molecular formula is C13H15N3O. The van der Waals surface area contributed by atoms with E-state index in [0.29, 0.717) is 17.4 Å². The first-order valence-electron chi connectivity index (χ1n) is 5.41. The number of hydrogen-bond donors (Lipinski definition) is 1. The standard InChI is InChI=1S/C13H15N3O/c1-8-7-9(2)16-13(15-8)17-12-6-4-5-11(14)10(12)3/h4-7H,14H2,1-3H3. The lowest BCUT2D eigenvalue weighted by Crippen LogP contribution is -1.98. The first kappa shape index (κ1) is 11.4. The van der Waals surface area contributed by atoms with Crippen LogP contribution in [-0.2, 0) is 0 Å². The van der Waals surface area contributed by atoms with Gasteiger partial charge in [-0.25, -0.2) is 9.97 Å². The van der Waals surface area contributed by atoms with Crippen LogP contribution in [0.3, 0.4) is 0 Å². The lowest BCUT2D eigenvalue weighted by Gasteiger charge is -2.09. The minimum Gasteiger partial charge on any atom is -0.424 e. The van der Waals surface area contributed by atoms with E-state index in [2.05, 4.69) is 9.97 Å². The Balaban J connectivity index is 2.34. The zero-order valence-electron chi connectivity index (χ0n) is 10.2. The van der Waals surface area contributed by atoms with E-state index in [1.54, 1.807) is 0 Å². The smallest absolute Gasteiger partial charge is 0.322 e. The van der Waals surface area contributed by atoms with E-state index in [0.717, 1.165) is 17.0 Å². The molecule has 88 valence electrons. The number of rotatable bonds is 2. The Hall–Kier alpha value is -2.10. The molecule has 0 saturated carbocycles. The van der Waals surface area contributed by atoms with Crippen molar-refractivity contribution in [1.82, 2.24) is 9.97 Å². The van der Waals surface area contributed by atoms with Gasteiger partial charge in [-0.3, -0.25) is 0 Å². The second-order valence-electron chi connectivity index (χ2n) is 4.01. The number of nitrogens with zero attached hydrogens (tertiary/aromatic N) is 2. The van der Waals surface area contributed by atoms with Gasteiger partial charge in [0.15, 0.2) is 0 Å². The summed E-state index contributed by atoms with van der Waals surface area (Å²) in [5, 5.41) is 0. The van der Waals surface area contributed by atoms with Crippen molar-refractivity contribution in [3.05, 3.63) is 41.2 Å². The highest BCUT2D eigenvalue weighted by atomic mass is 16.5. The lowest BCUT2D eigenvalue weighted by molar-refractivity contribution is 0.436. The highest BCUT2D eigenvalue weighted by Gasteiger charge is 2.06. The molecule has 2 aromatic rings. The maximum Gasteiger partial charge on any atom is 0.322 e. The minimum absolute atomic E-state index is 0.358. The molecule has 0 aliphatic rings. The van der Waals surface area contributed by atoms with E-state index in [4.69, 9.17) is 10.5 Å². The molecule has 0 spiro atoms. The SMILES string of the molecule is Cc1cc(C)nc(Oc2cccc(N)c2C)n1. The molecule has 0 aliphatic heterocycles. The van der Waals surface area contributed by atoms with E-state index >= 15 is 0 Å². The molecule has 4 heteroatoms. The summed E-state index contributed by atoms with van der Waals surface area (Å²) in [5.74, 6) is 0.690. The Bertz CT molecular complexity index is 532. The zero-order chi connectivity index (χ0) is 12.4. The van der Waals surface area contributed by atoms with Gasteiger partial charge in [0.1, 0.15) is 5.75 Å². The fourth-order valence-corrected chi connectivity index (χ4v) is 1.58. The van der Waals surface area contributed by atoms with E-state index in [-0.39, 0.29) is 0 Å². The molecule has 0 unspecified atom stereocenters. The molecule has 0 atom stereocenters. The molecule has 0 saturated heterocycles. The Morgan fingerprint density at radius 1 is 1.06 bits per heavy atom. The van der Waals surface area contributed by atoms with Crippen LogP contribution in [0.25, 0.3) is 0 Å². The Kier molecular flexibility index (Phi) is 2.95. The van der Waals surface area contributed by atoms with Gasteiger partial charge < -0.3 is 10.5 Å². The maximum atomic E-state index is 5.81. The fraction of sp³-hybridized carbons (Fsp3) is 0.231. The molecule has 0 radical (unpaired) electrons. The van der Waals surface area contributed by atoms with Gasteiger partial charge in [0.05, 0.1) is 0 Å². The number of nitrogen functional groups attached to an aromatic ring is 1. The largest absolute Gasteiger partial charge is 0.424 e. The average Bonchev–Trinajstić information content (AvgIpc) is 2.23. The van der Waals surface area contributed by atoms with Crippen LogP contribution in [0.2, 0.25) is 0 Å². The van der Waals surface area contributed by atoms with Crippen molar-refractivity contribution >= 4 is 5.69 Å². The van der Waals surface area contributed by atoms with Gasteiger partial charge in [0, 0.05) is 22.6 Å². The van der Waals surface area contributed by atoms with Crippen LogP contribution >= 0.6 is 0 Å². The van der Waals surface area contributed by atoms with Crippen molar-refractivity contribution in [1.29, 1.82) is 0 Å².